The highest BCUT2D eigenvalue weighted by atomic mass is 16.1. The maximum Gasteiger partial charge on any atom is 0.123 e. The molecule has 3 rings (SSSR count). The van der Waals surface area contributed by atoms with Crippen molar-refractivity contribution in [1.82, 2.24) is 0 Å². The van der Waals surface area contributed by atoms with Crippen molar-refractivity contribution in [2.75, 3.05) is 18.0 Å². The van der Waals surface area contributed by atoms with E-state index in [-0.39, 0.29) is 5.92 Å². The Morgan fingerprint density at radius 1 is 0.850 bits per heavy atom. The van der Waals surface area contributed by atoms with Crippen LogP contribution in [0.15, 0.2) is 54.6 Å². The maximum absolute atomic E-state index is 10.8. The average Bonchev–Trinajstić information content (AvgIpc) is 2.56. The fraction of sp³-hybridized carbons (Fsp3) is 0.278. The van der Waals surface area contributed by atoms with Crippen molar-refractivity contribution in [3.8, 4) is 11.1 Å². The van der Waals surface area contributed by atoms with E-state index in [1.54, 1.807) is 0 Å². The van der Waals surface area contributed by atoms with Crippen LogP contribution in [0.5, 0.6) is 0 Å². The molecule has 0 unspecified atom stereocenters. The molecular formula is C18H19NO. The van der Waals surface area contributed by atoms with Crippen molar-refractivity contribution in [2.45, 2.75) is 12.8 Å². The van der Waals surface area contributed by atoms with Gasteiger partial charge in [-0.05, 0) is 36.1 Å². The first-order valence-corrected chi connectivity index (χ1v) is 7.22. The summed E-state index contributed by atoms with van der Waals surface area (Å²) in [5, 5.41) is 0. The molecular weight excluding hydrogens is 246 g/mol. The van der Waals surface area contributed by atoms with E-state index in [0.717, 1.165) is 32.2 Å². The molecule has 2 aromatic carbocycles. The normalized spacial score (nSPS) is 16.1. The van der Waals surface area contributed by atoms with Gasteiger partial charge in [0, 0.05) is 24.7 Å². The number of aldehydes is 1. The van der Waals surface area contributed by atoms with E-state index < -0.39 is 0 Å². The van der Waals surface area contributed by atoms with Crippen LogP contribution in [0.25, 0.3) is 11.1 Å². The standard InChI is InChI=1S/C18H19NO/c20-14-15-10-12-19(13-11-15)18-8-6-17(7-9-18)16-4-2-1-3-5-16/h1-9,14-15H,10-13H2. The van der Waals surface area contributed by atoms with Crippen molar-refractivity contribution < 1.29 is 4.79 Å². The van der Waals surface area contributed by atoms with E-state index in [0.29, 0.717) is 0 Å². The number of benzene rings is 2. The van der Waals surface area contributed by atoms with Gasteiger partial charge >= 0.3 is 0 Å². The first kappa shape index (κ1) is 12.9. The molecule has 20 heavy (non-hydrogen) atoms. The Morgan fingerprint density at radius 2 is 1.45 bits per heavy atom. The molecule has 0 amide bonds. The third-order valence-corrected chi connectivity index (χ3v) is 4.07. The molecule has 1 aliphatic heterocycles. The van der Waals surface area contributed by atoms with Gasteiger partial charge in [0.1, 0.15) is 6.29 Å². The summed E-state index contributed by atoms with van der Waals surface area (Å²) in [5.41, 5.74) is 3.75. The predicted octanol–water partition coefficient (Wildman–Crippen LogP) is 3.77. The highest BCUT2D eigenvalue weighted by molar-refractivity contribution is 5.66. The third-order valence-electron chi connectivity index (χ3n) is 4.07. The van der Waals surface area contributed by atoms with Crippen molar-refractivity contribution in [3.63, 3.8) is 0 Å². The Bertz CT molecular complexity index is 554. The van der Waals surface area contributed by atoms with Gasteiger partial charge < -0.3 is 9.69 Å². The summed E-state index contributed by atoms with van der Waals surface area (Å²) in [6, 6.07) is 19.1. The second-order valence-corrected chi connectivity index (χ2v) is 5.37. The van der Waals surface area contributed by atoms with E-state index in [2.05, 4.69) is 53.4 Å². The van der Waals surface area contributed by atoms with Crippen LogP contribution in [-0.2, 0) is 4.79 Å². The second kappa shape index (κ2) is 5.91. The minimum Gasteiger partial charge on any atom is -0.371 e. The lowest BCUT2D eigenvalue weighted by molar-refractivity contribution is -0.111. The zero-order valence-corrected chi connectivity index (χ0v) is 11.5. The first-order valence-electron chi connectivity index (χ1n) is 7.22. The lowest BCUT2D eigenvalue weighted by Crippen LogP contribution is -2.33. The van der Waals surface area contributed by atoms with Crippen LogP contribution in [0.1, 0.15) is 12.8 Å². The van der Waals surface area contributed by atoms with Gasteiger partial charge in [-0.15, -0.1) is 0 Å². The minimum absolute atomic E-state index is 0.259. The molecule has 1 fully saturated rings. The second-order valence-electron chi connectivity index (χ2n) is 5.37. The van der Waals surface area contributed by atoms with E-state index in [9.17, 15) is 4.79 Å². The molecule has 1 saturated heterocycles. The van der Waals surface area contributed by atoms with Crippen LogP contribution >= 0.6 is 0 Å². The molecule has 102 valence electrons. The van der Waals surface area contributed by atoms with E-state index >= 15 is 0 Å². The lowest BCUT2D eigenvalue weighted by Gasteiger charge is -2.31. The minimum atomic E-state index is 0.259. The van der Waals surface area contributed by atoms with Gasteiger partial charge in [0.2, 0.25) is 0 Å². The highest BCUT2D eigenvalue weighted by Gasteiger charge is 2.18. The Kier molecular flexibility index (Phi) is 3.82. The summed E-state index contributed by atoms with van der Waals surface area (Å²) in [5.74, 6) is 0.259. The number of hydrogen-bond acceptors (Lipinski definition) is 2. The van der Waals surface area contributed by atoms with E-state index in [1.807, 2.05) is 6.07 Å². The Hall–Kier alpha value is -2.09. The van der Waals surface area contributed by atoms with Gasteiger partial charge in [-0.25, -0.2) is 0 Å². The molecule has 1 heterocycles. The number of anilines is 1. The fourth-order valence-electron chi connectivity index (χ4n) is 2.79. The molecule has 0 aromatic heterocycles. The molecule has 2 aromatic rings. The van der Waals surface area contributed by atoms with Crippen molar-refractivity contribution in [2.24, 2.45) is 5.92 Å². The molecule has 0 aliphatic carbocycles. The first-order chi connectivity index (χ1) is 9.86. The van der Waals surface area contributed by atoms with Crippen molar-refractivity contribution in [1.29, 1.82) is 0 Å². The van der Waals surface area contributed by atoms with Crippen molar-refractivity contribution in [3.05, 3.63) is 54.6 Å². The number of carbonyl (C=O) groups excluding carboxylic acids is 1. The van der Waals surface area contributed by atoms with Crippen LogP contribution in [0, 0.1) is 5.92 Å². The molecule has 0 radical (unpaired) electrons. The fourth-order valence-corrected chi connectivity index (χ4v) is 2.79. The van der Waals surface area contributed by atoms with Gasteiger partial charge in [-0.1, -0.05) is 42.5 Å². The van der Waals surface area contributed by atoms with E-state index in [4.69, 9.17) is 0 Å². The number of rotatable bonds is 3. The summed E-state index contributed by atoms with van der Waals surface area (Å²) < 4.78 is 0. The molecule has 0 N–H and O–H groups in total. The Morgan fingerprint density at radius 3 is 2.05 bits per heavy atom. The Balaban J connectivity index is 1.72. The van der Waals surface area contributed by atoms with Gasteiger partial charge in [-0.2, -0.15) is 0 Å². The summed E-state index contributed by atoms with van der Waals surface area (Å²) in [6.45, 7) is 1.96. The van der Waals surface area contributed by atoms with Crippen molar-refractivity contribution >= 4 is 12.0 Å². The molecule has 2 heteroatoms. The van der Waals surface area contributed by atoms with Gasteiger partial charge in [0.05, 0.1) is 0 Å². The summed E-state index contributed by atoms with van der Waals surface area (Å²) in [6.07, 6.45) is 3.06. The zero-order valence-electron chi connectivity index (χ0n) is 11.5. The molecule has 0 atom stereocenters. The third kappa shape index (κ3) is 2.74. The molecule has 2 nitrogen and oxygen atoms in total. The van der Waals surface area contributed by atoms with Crippen LogP contribution < -0.4 is 4.90 Å². The van der Waals surface area contributed by atoms with Crippen LogP contribution in [0.2, 0.25) is 0 Å². The molecule has 0 saturated carbocycles. The summed E-state index contributed by atoms with van der Waals surface area (Å²) in [4.78, 5) is 13.2. The van der Waals surface area contributed by atoms with Gasteiger partial charge in [0.25, 0.3) is 0 Å². The van der Waals surface area contributed by atoms with Gasteiger partial charge in [-0.3, -0.25) is 0 Å². The number of hydrogen-bond donors (Lipinski definition) is 0. The largest absolute Gasteiger partial charge is 0.371 e. The lowest BCUT2D eigenvalue weighted by atomic mass is 9.98. The smallest absolute Gasteiger partial charge is 0.123 e. The summed E-state index contributed by atoms with van der Waals surface area (Å²) in [7, 11) is 0. The summed E-state index contributed by atoms with van der Waals surface area (Å²) >= 11 is 0. The topological polar surface area (TPSA) is 20.3 Å². The van der Waals surface area contributed by atoms with E-state index in [1.165, 1.54) is 16.8 Å². The quantitative estimate of drug-likeness (QED) is 0.787. The number of piperidine rings is 1. The Labute approximate surface area is 120 Å². The SMILES string of the molecule is O=CC1CCN(c2ccc(-c3ccccc3)cc2)CC1. The monoisotopic (exact) mass is 265 g/mol. The molecule has 0 bridgehead atoms. The number of nitrogens with zero attached hydrogens (tertiary/aromatic N) is 1. The molecule has 0 spiro atoms. The predicted molar refractivity (Wildman–Crippen MR) is 82.9 cm³/mol. The van der Waals surface area contributed by atoms with Gasteiger partial charge in [0.15, 0.2) is 0 Å². The average molecular weight is 265 g/mol. The van der Waals surface area contributed by atoms with Crippen LogP contribution in [0.4, 0.5) is 5.69 Å². The maximum atomic E-state index is 10.8. The number of carbonyl (C=O) groups is 1. The highest BCUT2D eigenvalue weighted by Crippen LogP contribution is 2.26. The molecule has 1 aliphatic rings. The zero-order chi connectivity index (χ0) is 13.8. The van der Waals surface area contributed by atoms with Crippen LogP contribution in [-0.4, -0.2) is 19.4 Å². The van der Waals surface area contributed by atoms with Crippen LogP contribution in [0.3, 0.4) is 0 Å².